The number of phenolic OH excluding ortho intramolecular Hbond substituents is 1. The first kappa shape index (κ1) is 37.1. The van der Waals surface area contributed by atoms with Gasteiger partial charge in [0, 0.05) is 30.0 Å². The minimum atomic E-state index is -1.25. The second-order valence-corrected chi connectivity index (χ2v) is 15.1. The van der Waals surface area contributed by atoms with Crippen LogP contribution < -0.4 is 4.74 Å². The zero-order chi connectivity index (χ0) is 35.8. The molecule has 2 aromatic rings. The Kier molecular flexibility index (Phi) is 12.2. The van der Waals surface area contributed by atoms with Crippen LogP contribution in [0, 0.1) is 0 Å². The molecule has 4 aliphatic rings. The lowest BCUT2D eigenvalue weighted by atomic mass is 9.50. The minimum absolute atomic E-state index is 0.00895. The molecule has 2 aliphatic carbocycles. The van der Waals surface area contributed by atoms with E-state index >= 15 is 0 Å². The molecule has 5 atom stereocenters. The first-order valence-corrected chi connectivity index (χ1v) is 19.6. The molecular formula is C43H57NO7. The standard InChI is InChI=1S/C43H57NO7/c1-3-4-5-6-7-8-9-10-11-12-13-14-15-16-20-23-36(46)50-38(31-21-18-17-19-22-31)41(47)49-34-26-27-43(48)35-30-32-24-25-33(45)39-37(32)42(43,40(34)51-39)28-29-44(35)2/h10-11,17-19,21-22,24-26,35,38,40,45,48H,3-9,12-16,20,23,27-30H2,1-2H3/b11-10-/t35-,38?,40+,42+,43-/m1/s1. The van der Waals surface area contributed by atoms with Crippen LogP contribution in [0.4, 0.5) is 0 Å². The van der Waals surface area contributed by atoms with Gasteiger partial charge in [-0.25, -0.2) is 4.79 Å². The predicted molar refractivity (Wildman–Crippen MR) is 197 cm³/mol. The molecule has 276 valence electrons. The van der Waals surface area contributed by atoms with E-state index in [0.29, 0.717) is 30.6 Å². The van der Waals surface area contributed by atoms with Crippen LogP contribution in [0.3, 0.4) is 0 Å². The highest BCUT2D eigenvalue weighted by Crippen LogP contribution is 2.65. The van der Waals surface area contributed by atoms with Crippen LogP contribution in [0.15, 0.2) is 66.5 Å². The number of allylic oxidation sites excluding steroid dienone is 2. The lowest BCUT2D eigenvalue weighted by Crippen LogP contribution is -2.74. The molecule has 8 heteroatoms. The van der Waals surface area contributed by atoms with Gasteiger partial charge >= 0.3 is 11.9 Å². The number of carbonyl (C=O) groups excluding carboxylic acids is 2. The van der Waals surface area contributed by atoms with Crippen molar-refractivity contribution in [2.45, 2.75) is 145 Å². The molecule has 1 unspecified atom stereocenters. The van der Waals surface area contributed by atoms with E-state index in [4.69, 9.17) is 14.2 Å². The van der Waals surface area contributed by atoms with Crippen LogP contribution in [0.5, 0.6) is 11.5 Å². The fourth-order valence-electron chi connectivity index (χ4n) is 9.02. The van der Waals surface area contributed by atoms with Crippen molar-refractivity contribution < 1.29 is 34.0 Å². The van der Waals surface area contributed by atoms with Crippen LogP contribution in [-0.4, -0.2) is 58.4 Å². The fraction of sp³-hybridized carbons (Fsp3) is 0.581. The maximum Gasteiger partial charge on any atom is 0.357 e. The van der Waals surface area contributed by atoms with Gasteiger partial charge in [0.1, 0.15) is 5.76 Å². The Morgan fingerprint density at radius 3 is 2.37 bits per heavy atom. The maximum atomic E-state index is 13.9. The van der Waals surface area contributed by atoms with Crippen LogP contribution in [0.2, 0.25) is 0 Å². The van der Waals surface area contributed by atoms with E-state index in [2.05, 4.69) is 24.0 Å². The number of likely N-dealkylation sites (N-methyl/N-ethyl adjacent to an activating group) is 1. The van der Waals surface area contributed by atoms with Crippen molar-refractivity contribution >= 4 is 11.9 Å². The van der Waals surface area contributed by atoms with Crippen LogP contribution in [-0.2, 0) is 30.9 Å². The van der Waals surface area contributed by atoms with Gasteiger partial charge in [-0.2, -0.15) is 0 Å². The first-order chi connectivity index (χ1) is 24.8. The van der Waals surface area contributed by atoms with Gasteiger partial charge in [-0.05, 0) is 76.2 Å². The number of esters is 2. The summed E-state index contributed by atoms with van der Waals surface area (Å²) < 4.78 is 18.4. The number of phenols is 1. The predicted octanol–water partition coefficient (Wildman–Crippen LogP) is 8.54. The highest BCUT2D eigenvalue weighted by molar-refractivity contribution is 5.82. The van der Waals surface area contributed by atoms with E-state index in [1.165, 1.54) is 44.9 Å². The molecule has 2 heterocycles. The molecule has 2 N–H and O–H groups in total. The number of aliphatic hydroxyl groups is 1. The molecule has 2 bridgehead atoms. The Bertz CT molecular complexity index is 1570. The summed E-state index contributed by atoms with van der Waals surface area (Å²) in [6.45, 7) is 2.98. The minimum Gasteiger partial charge on any atom is -0.504 e. The van der Waals surface area contributed by atoms with E-state index in [-0.39, 0.29) is 30.4 Å². The van der Waals surface area contributed by atoms with Gasteiger partial charge in [-0.15, -0.1) is 0 Å². The summed E-state index contributed by atoms with van der Waals surface area (Å²) in [6.07, 6.45) is 21.3. The average molecular weight is 700 g/mol. The molecule has 6 rings (SSSR count). The zero-order valence-electron chi connectivity index (χ0n) is 30.6. The zero-order valence-corrected chi connectivity index (χ0v) is 30.6. The number of likely N-dealkylation sites (tertiary alicyclic amines) is 1. The molecule has 2 aromatic carbocycles. The Hall–Kier alpha value is -3.62. The van der Waals surface area contributed by atoms with E-state index in [1.54, 1.807) is 36.4 Å². The maximum absolute atomic E-state index is 13.9. The number of rotatable bonds is 19. The summed E-state index contributed by atoms with van der Waals surface area (Å²) in [4.78, 5) is 29.2. The number of carbonyl (C=O) groups is 2. The fourth-order valence-corrected chi connectivity index (χ4v) is 9.02. The molecular weight excluding hydrogens is 642 g/mol. The summed E-state index contributed by atoms with van der Waals surface area (Å²) in [5, 5.41) is 23.2. The number of unbranched alkanes of at least 4 members (excludes halogenated alkanes) is 11. The van der Waals surface area contributed by atoms with Gasteiger partial charge in [0.15, 0.2) is 17.6 Å². The summed E-state index contributed by atoms with van der Waals surface area (Å²) in [6, 6.07) is 12.4. The Balaban J connectivity index is 1.02. The van der Waals surface area contributed by atoms with Gasteiger partial charge in [0.2, 0.25) is 6.10 Å². The number of aromatic hydroxyl groups is 1. The van der Waals surface area contributed by atoms with Gasteiger partial charge in [0.05, 0.1) is 11.0 Å². The molecule has 1 spiro atoms. The summed E-state index contributed by atoms with van der Waals surface area (Å²) in [7, 11) is 2.03. The molecule has 1 fully saturated rings. The molecule has 0 radical (unpaired) electrons. The third-order valence-corrected chi connectivity index (χ3v) is 11.8. The van der Waals surface area contributed by atoms with Gasteiger partial charge in [-0.3, -0.25) is 4.79 Å². The lowest BCUT2D eigenvalue weighted by molar-refractivity contribution is -0.176. The number of benzene rings is 2. The SMILES string of the molecule is CCCCCCCC/C=C\CCCCCCCC(=O)OC(C(=O)OC1=CC[C@@]2(O)[C@H]3Cc4ccc(O)c5c4[C@@]2(CCN3C)[C@H]1O5)c1ccccc1. The van der Waals surface area contributed by atoms with E-state index in [9.17, 15) is 19.8 Å². The van der Waals surface area contributed by atoms with Crippen LogP contribution >= 0.6 is 0 Å². The molecule has 0 aromatic heterocycles. The van der Waals surface area contributed by atoms with Gasteiger partial charge in [-0.1, -0.05) is 107 Å². The van der Waals surface area contributed by atoms with Gasteiger partial charge < -0.3 is 29.3 Å². The Morgan fingerprint density at radius 2 is 1.65 bits per heavy atom. The van der Waals surface area contributed by atoms with E-state index in [1.807, 2.05) is 19.2 Å². The molecule has 2 aliphatic heterocycles. The van der Waals surface area contributed by atoms with Crippen molar-refractivity contribution in [3.63, 3.8) is 0 Å². The Labute approximate surface area is 303 Å². The largest absolute Gasteiger partial charge is 0.504 e. The normalized spacial score (nSPS) is 25.2. The van der Waals surface area contributed by atoms with E-state index in [0.717, 1.165) is 49.8 Å². The summed E-state index contributed by atoms with van der Waals surface area (Å²) in [5.41, 5.74) is 0.345. The van der Waals surface area contributed by atoms with E-state index < -0.39 is 35.2 Å². The molecule has 1 saturated heterocycles. The van der Waals surface area contributed by atoms with Crippen molar-refractivity contribution in [1.29, 1.82) is 0 Å². The quantitative estimate of drug-likeness (QED) is 0.0854. The summed E-state index contributed by atoms with van der Waals surface area (Å²) >= 11 is 0. The first-order valence-electron chi connectivity index (χ1n) is 19.6. The molecule has 0 amide bonds. The topological polar surface area (TPSA) is 106 Å². The third kappa shape index (κ3) is 7.64. The second kappa shape index (κ2) is 16.8. The van der Waals surface area contributed by atoms with Gasteiger partial charge in [0.25, 0.3) is 0 Å². The number of hydrogen-bond acceptors (Lipinski definition) is 8. The monoisotopic (exact) mass is 699 g/mol. The van der Waals surface area contributed by atoms with Crippen molar-refractivity contribution in [2.24, 2.45) is 0 Å². The molecule has 8 nitrogen and oxygen atoms in total. The Morgan fingerprint density at radius 1 is 0.961 bits per heavy atom. The number of ether oxygens (including phenoxy) is 3. The molecule has 0 saturated carbocycles. The highest BCUT2D eigenvalue weighted by atomic mass is 16.6. The molecule has 51 heavy (non-hydrogen) atoms. The average Bonchev–Trinajstić information content (AvgIpc) is 3.49. The van der Waals surface area contributed by atoms with Crippen LogP contribution in [0.25, 0.3) is 0 Å². The van der Waals surface area contributed by atoms with Crippen molar-refractivity contribution in [1.82, 2.24) is 4.90 Å². The van der Waals surface area contributed by atoms with Crippen molar-refractivity contribution in [3.8, 4) is 11.5 Å². The third-order valence-electron chi connectivity index (χ3n) is 11.8. The number of hydrogen-bond donors (Lipinski definition) is 2. The van der Waals surface area contributed by atoms with Crippen molar-refractivity contribution in [3.05, 3.63) is 83.1 Å². The highest BCUT2D eigenvalue weighted by Gasteiger charge is 2.72. The summed E-state index contributed by atoms with van der Waals surface area (Å²) in [5.74, 6) is -0.501. The van der Waals surface area contributed by atoms with Crippen molar-refractivity contribution in [2.75, 3.05) is 13.6 Å². The number of nitrogens with zero attached hydrogens (tertiary/aromatic N) is 1. The second-order valence-electron chi connectivity index (χ2n) is 15.1. The smallest absolute Gasteiger partial charge is 0.357 e. The lowest BCUT2D eigenvalue weighted by Gasteiger charge is -2.61. The number of piperidine rings is 1. The van der Waals surface area contributed by atoms with Crippen LogP contribution in [0.1, 0.15) is 132 Å².